The molecule has 0 aliphatic heterocycles. The fourth-order valence-corrected chi connectivity index (χ4v) is 5.87. The summed E-state index contributed by atoms with van der Waals surface area (Å²) >= 11 is 7.67. The number of anilines is 1. The number of rotatable bonds is 10. The summed E-state index contributed by atoms with van der Waals surface area (Å²) in [6.07, 6.45) is 0.321. The fourth-order valence-electron chi connectivity index (χ4n) is 3.26. The number of hydrogen-bond donors (Lipinski definition) is 0. The van der Waals surface area contributed by atoms with Crippen molar-refractivity contribution in [3.8, 4) is 5.75 Å². The molecule has 186 valence electrons. The van der Waals surface area contributed by atoms with Crippen LogP contribution in [0, 0.1) is 6.92 Å². The lowest BCUT2D eigenvalue weighted by Gasteiger charge is -2.22. The Morgan fingerprint density at radius 1 is 1.12 bits per heavy atom. The summed E-state index contributed by atoms with van der Waals surface area (Å²) in [7, 11) is 1.96. The molecule has 0 radical (unpaired) electrons. The van der Waals surface area contributed by atoms with Gasteiger partial charge in [-0.05, 0) is 51.7 Å². The minimum absolute atomic E-state index is 0. The number of carbonyl (C=O) groups excluding carboxylic acids is 1. The molecule has 0 spiro atoms. The number of fused-ring (bicyclic) bond motifs is 1. The standard InChI is InChI=1S/C23H28ClN3O4S2.ClH/c1-16-7-9-17(10-8-16)33(29,30)15-5-6-20(28)27(14-13-26(2)3)23-25-21-19(31-4)12-11-18(24)22(21)32-23;/h7-12H,5-6,13-15H2,1-4H3;1H. The molecule has 11 heteroatoms. The number of nitrogens with zero attached hydrogens (tertiary/aromatic N) is 3. The molecule has 1 heterocycles. The number of carbonyl (C=O) groups is 1. The SMILES string of the molecule is COc1ccc(Cl)c2sc(N(CCN(C)C)C(=O)CCCS(=O)(=O)c3ccc(C)cc3)nc12.Cl. The lowest BCUT2D eigenvalue weighted by molar-refractivity contribution is -0.118. The van der Waals surface area contributed by atoms with Crippen LogP contribution < -0.4 is 9.64 Å². The Morgan fingerprint density at radius 2 is 1.79 bits per heavy atom. The Bertz CT molecular complexity index is 1230. The first-order chi connectivity index (χ1) is 15.6. The highest BCUT2D eigenvalue weighted by Crippen LogP contribution is 2.38. The van der Waals surface area contributed by atoms with E-state index in [1.165, 1.54) is 11.3 Å². The van der Waals surface area contributed by atoms with Gasteiger partial charge in [-0.2, -0.15) is 0 Å². The molecule has 2 aromatic carbocycles. The van der Waals surface area contributed by atoms with Crippen molar-refractivity contribution in [3.63, 3.8) is 0 Å². The van der Waals surface area contributed by atoms with Gasteiger partial charge in [0.2, 0.25) is 5.91 Å². The molecule has 34 heavy (non-hydrogen) atoms. The second kappa shape index (κ2) is 12.2. The van der Waals surface area contributed by atoms with Crippen molar-refractivity contribution in [3.05, 3.63) is 47.0 Å². The van der Waals surface area contributed by atoms with E-state index in [-0.39, 0.29) is 41.8 Å². The predicted octanol–water partition coefficient (Wildman–Crippen LogP) is 4.84. The Morgan fingerprint density at radius 3 is 2.41 bits per heavy atom. The zero-order valence-corrected chi connectivity index (χ0v) is 22.8. The summed E-state index contributed by atoms with van der Waals surface area (Å²) in [5.74, 6) is 0.314. The van der Waals surface area contributed by atoms with Crippen LogP contribution in [0.25, 0.3) is 10.2 Å². The number of amides is 1. The number of aromatic nitrogens is 1. The lowest BCUT2D eigenvalue weighted by atomic mass is 10.2. The second-order valence-corrected chi connectivity index (χ2v) is 11.5. The van der Waals surface area contributed by atoms with Crippen LogP contribution in [0.5, 0.6) is 5.75 Å². The van der Waals surface area contributed by atoms with Gasteiger partial charge in [0.15, 0.2) is 15.0 Å². The number of benzene rings is 2. The van der Waals surface area contributed by atoms with Crippen molar-refractivity contribution in [2.45, 2.75) is 24.7 Å². The molecule has 0 atom stereocenters. The Balaban J connectivity index is 0.00000408. The maximum atomic E-state index is 13.2. The third kappa shape index (κ3) is 6.82. The van der Waals surface area contributed by atoms with Crippen LogP contribution in [0.2, 0.25) is 5.02 Å². The molecule has 0 aliphatic carbocycles. The molecule has 0 aliphatic rings. The van der Waals surface area contributed by atoms with Crippen LogP contribution in [0.3, 0.4) is 0 Å². The number of methoxy groups -OCH3 is 1. The maximum absolute atomic E-state index is 13.2. The molecule has 0 fully saturated rings. The van der Waals surface area contributed by atoms with Crippen molar-refractivity contribution in [2.75, 3.05) is 44.9 Å². The molecule has 0 bridgehead atoms. The third-order valence-electron chi connectivity index (χ3n) is 5.15. The summed E-state index contributed by atoms with van der Waals surface area (Å²) in [5.41, 5.74) is 1.60. The number of ether oxygens (including phenoxy) is 1. The van der Waals surface area contributed by atoms with Gasteiger partial charge < -0.3 is 9.64 Å². The molecule has 1 amide bonds. The summed E-state index contributed by atoms with van der Waals surface area (Å²) in [5, 5.41) is 1.06. The number of halogens is 2. The summed E-state index contributed by atoms with van der Waals surface area (Å²) in [6, 6.07) is 10.2. The monoisotopic (exact) mass is 545 g/mol. The van der Waals surface area contributed by atoms with E-state index < -0.39 is 9.84 Å². The maximum Gasteiger partial charge on any atom is 0.228 e. The molecule has 3 rings (SSSR count). The van der Waals surface area contributed by atoms with Gasteiger partial charge in [-0.3, -0.25) is 9.69 Å². The van der Waals surface area contributed by atoms with Crippen molar-refractivity contribution in [2.24, 2.45) is 0 Å². The number of likely N-dealkylation sites (N-methyl/N-ethyl adjacent to an activating group) is 1. The van der Waals surface area contributed by atoms with Crippen LogP contribution >= 0.6 is 35.3 Å². The number of hydrogen-bond acceptors (Lipinski definition) is 7. The van der Waals surface area contributed by atoms with E-state index in [2.05, 4.69) is 4.98 Å². The molecule has 3 aromatic rings. The number of aryl methyl sites for hydroxylation is 1. The Labute approximate surface area is 216 Å². The summed E-state index contributed by atoms with van der Waals surface area (Å²) in [4.78, 5) is 21.6. The largest absolute Gasteiger partial charge is 0.494 e. The number of thiazole rings is 1. The first kappa shape index (κ1) is 28.3. The van der Waals surface area contributed by atoms with E-state index in [9.17, 15) is 13.2 Å². The van der Waals surface area contributed by atoms with Gasteiger partial charge >= 0.3 is 0 Å². The zero-order valence-electron chi connectivity index (χ0n) is 19.6. The van der Waals surface area contributed by atoms with Crippen LogP contribution in [-0.2, 0) is 14.6 Å². The van der Waals surface area contributed by atoms with Crippen molar-refractivity contribution >= 4 is 66.4 Å². The van der Waals surface area contributed by atoms with E-state index in [4.69, 9.17) is 16.3 Å². The fraction of sp³-hybridized carbons (Fsp3) is 0.391. The number of sulfone groups is 1. The molecular formula is C23H29Cl2N3O4S2. The van der Waals surface area contributed by atoms with Gasteiger partial charge in [-0.25, -0.2) is 13.4 Å². The van der Waals surface area contributed by atoms with E-state index in [1.54, 1.807) is 48.4 Å². The summed E-state index contributed by atoms with van der Waals surface area (Å²) < 4.78 is 31.4. The highest BCUT2D eigenvalue weighted by molar-refractivity contribution is 7.91. The first-order valence-electron chi connectivity index (χ1n) is 10.5. The molecule has 0 unspecified atom stereocenters. The average Bonchev–Trinajstić information content (AvgIpc) is 3.20. The second-order valence-electron chi connectivity index (χ2n) is 8.01. The predicted molar refractivity (Wildman–Crippen MR) is 142 cm³/mol. The van der Waals surface area contributed by atoms with Gasteiger partial charge in [-0.15, -0.1) is 12.4 Å². The summed E-state index contributed by atoms with van der Waals surface area (Å²) in [6.45, 7) is 2.96. The van der Waals surface area contributed by atoms with E-state index in [1.807, 2.05) is 25.9 Å². The van der Waals surface area contributed by atoms with Crippen LogP contribution in [0.4, 0.5) is 5.13 Å². The van der Waals surface area contributed by atoms with Crippen LogP contribution in [0.1, 0.15) is 18.4 Å². The smallest absolute Gasteiger partial charge is 0.228 e. The first-order valence-corrected chi connectivity index (χ1v) is 13.3. The van der Waals surface area contributed by atoms with Crippen molar-refractivity contribution < 1.29 is 17.9 Å². The van der Waals surface area contributed by atoms with Crippen molar-refractivity contribution in [1.82, 2.24) is 9.88 Å². The molecule has 0 saturated carbocycles. The molecule has 0 N–H and O–H groups in total. The molecular weight excluding hydrogens is 517 g/mol. The average molecular weight is 547 g/mol. The molecule has 7 nitrogen and oxygen atoms in total. The molecule has 0 saturated heterocycles. The van der Waals surface area contributed by atoms with Gasteiger partial charge in [0.05, 0.1) is 27.5 Å². The van der Waals surface area contributed by atoms with E-state index in [0.717, 1.165) is 10.3 Å². The quantitative estimate of drug-likeness (QED) is 0.362. The van der Waals surface area contributed by atoms with E-state index in [0.29, 0.717) is 34.5 Å². The lowest BCUT2D eigenvalue weighted by Crippen LogP contribution is -2.36. The van der Waals surface area contributed by atoms with Gasteiger partial charge in [0.1, 0.15) is 11.3 Å². The zero-order chi connectivity index (χ0) is 24.2. The van der Waals surface area contributed by atoms with Crippen LogP contribution in [-0.4, -0.2) is 64.3 Å². The third-order valence-corrected chi connectivity index (χ3v) is 8.51. The van der Waals surface area contributed by atoms with Gasteiger partial charge in [0.25, 0.3) is 0 Å². The normalized spacial score (nSPS) is 11.5. The highest BCUT2D eigenvalue weighted by atomic mass is 35.5. The Kier molecular flexibility index (Phi) is 10.1. The van der Waals surface area contributed by atoms with Crippen molar-refractivity contribution in [1.29, 1.82) is 0 Å². The topological polar surface area (TPSA) is 79.8 Å². The molecule has 1 aromatic heterocycles. The minimum atomic E-state index is -3.45. The Hall–Kier alpha value is -1.91. The van der Waals surface area contributed by atoms with E-state index >= 15 is 0 Å². The minimum Gasteiger partial charge on any atom is -0.494 e. The van der Waals surface area contributed by atoms with Crippen LogP contribution in [0.15, 0.2) is 41.3 Å². The highest BCUT2D eigenvalue weighted by Gasteiger charge is 2.23. The van der Waals surface area contributed by atoms with Gasteiger partial charge in [0, 0.05) is 19.5 Å². The van der Waals surface area contributed by atoms with Gasteiger partial charge in [-0.1, -0.05) is 40.6 Å².